The van der Waals surface area contributed by atoms with Crippen LogP contribution in [-0.2, 0) is 0 Å². The van der Waals surface area contributed by atoms with Crippen molar-refractivity contribution in [2.24, 2.45) is 16.9 Å². The molecule has 0 aromatic rings. The molecule has 0 aliphatic rings. The van der Waals surface area contributed by atoms with Crippen LogP contribution in [0.5, 0.6) is 0 Å². The topological polar surface area (TPSA) is 52.0 Å². The molecule has 0 aromatic heterocycles. The molecule has 20 heavy (non-hydrogen) atoms. The van der Waals surface area contributed by atoms with Crippen molar-refractivity contribution in [1.29, 1.82) is 0 Å². The summed E-state index contributed by atoms with van der Waals surface area (Å²) in [6, 6.07) is 0. The molecular weight excluding hydrogens is 244 g/mol. The smallest absolute Gasteiger partial charge is 0.0641 e. The predicted octanol–water partition coefficient (Wildman–Crippen LogP) is 5.35. The fraction of sp³-hybridized carbons (Fsp3) is 1.00. The quantitative estimate of drug-likeness (QED) is 0.375. The van der Waals surface area contributed by atoms with E-state index in [2.05, 4.69) is 27.7 Å². The zero-order chi connectivity index (χ0) is 15.5. The molecule has 2 nitrogen and oxygen atoms in total. The van der Waals surface area contributed by atoms with Crippen LogP contribution in [0.4, 0.5) is 0 Å². The van der Waals surface area contributed by atoms with Crippen molar-refractivity contribution in [1.82, 2.24) is 0 Å². The maximum atomic E-state index is 6.19. The van der Waals surface area contributed by atoms with Crippen LogP contribution in [0, 0.1) is 5.41 Å². The molecule has 0 heterocycles. The fourth-order valence-electron chi connectivity index (χ4n) is 3.02. The third-order valence-corrected chi connectivity index (χ3v) is 3.86. The predicted molar refractivity (Wildman–Crippen MR) is 91.6 cm³/mol. The minimum absolute atomic E-state index is 0.224. The third kappa shape index (κ3) is 14.3. The van der Waals surface area contributed by atoms with Crippen molar-refractivity contribution in [2.75, 3.05) is 0 Å². The standard InChI is InChI=1S/C18H40N2/c1-5-6-7-8-9-10-11-12-13-14-15-18(19,20)16-17(2,3)4/h5-16,19-20H2,1-4H3. The Morgan fingerprint density at radius 3 is 1.45 bits per heavy atom. The molecule has 0 aliphatic carbocycles. The van der Waals surface area contributed by atoms with Crippen LogP contribution in [0.1, 0.15) is 105 Å². The summed E-state index contributed by atoms with van der Waals surface area (Å²) in [4.78, 5) is 0. The van der Waals surface area contributed by atoms with Gasteiger partial charge in [-0.15, -0.1) is 0 Å². The minimum Gasteiger partial charge on any atom is -0.313 e. The monoisotopic (exact) mass is 284 g/mol. The van der Waals surface area contributed by atoms with Crippen LogP contribution in [0.15, 0.2) is 0 Å². The molecule has 0 bridgehead atoms. The number of unbranched alkanes of at least 4 members (excludes halogenated alkanes) is 9. The maximum Gasteiger partial charge on any atom is 0.0641 e. The van der Waals surface area contributed by atoms with Gasteiger partial charge in [0, 0.05) is 0 Å². The van der Waals surface area contributed by atoms with Gasteiger partial charge in [-0.3, -0.25) is 0 Å². The van der Waals surface area contributed by atoms with E-state index >= 15 is 0 Å². The molecular formula is C18H40N2. The summed E-state index contributed by atoms with van der Waals surface area (Å²) >= 11 is 0. The van der Waals surface area contributed by atoms with Crippen LogP contribution in [0.25, 0.3) is 0 Å². The molecule has 4 N–H and O–H groups in total. The summed E-state index contributed by atoms with van der Waals surface area (Å²) in [5.41, 5.74) is 12.1. The molecule has 0 amide bonds. The Morgan fingerprint density at radius 1 is 0.650 bits per heavy atom. The first kappa shape index (κ1) is 19.9. The second-order valence-electron chi connectivity index (χ2n) is 7.90. The first-order valence-electron chi connectivity index (χ1n) is 8.85. The maximum absolute atomic E-state index is 6.19. The highest BCUT2D eigenvalue weighted by atomic mass is 14.9. The second kappa shape index (κ2) is 10.6. The van der Waals surface area contributed by atoms with Gasteiger partial charge in [0.2, 0.25) is 0 Å². The Balaban J connectivity index is 3.39. The summed E-state index contributed by atoms with van der Waals surface area (Å²) < 4.78 is 0. The Morgan fingerprint density at radius 2 is 1.05 bits per heavy atom. The van der Waals surface area contributed by atoms with Crippen LogP contribution < -0.4 is 11.5 Å². The zero-order valence-electron chi connectivity index (χ0n) is 14.6. The van der Waals surface area contributed by atoms with Gasteiger partial charge in [-0.25, -0.2) is 0 Å². The lowest BCUT2D eigenvalue weighted by molar-refractivity contribution is 0.242. The van der Waals surface area contributed by atoms with Gasteiger partial charge in [-0.05, 0) is 18.3 Å². The molecule has 0 aliphatic heterocycles. The minimum atomic E-state index is -0.474. The van der Waals surface area contributed by atoms with E-state index < -0.39 is 5.66 Å². The van der Waals surface area contributed by atoms with Crippen molar-refractivity contribution in [2.45, 2.75) is 110 Å². The third-order valence-electron chi connectivity index (χ3n) is 3.86. The molecule has 0 unspecified atom stereocenters. The first-order valence-corrected chi connectivity index (χ1v) is 8.85. The van der Waals surface area contributed by atoms with E-state index in [9.17, 15) is 0 Å². The van der Waals surface area contributed by atoms with Crippen LogP contribution in [-0.4, -0.2) is 5.66 Å². The van der Waals surface area contributed by atoms with E-state index in [-0.39, 0.29) is 5.41 Å². The Kier molecular flexibility index (Phi) is 10.6. The van der Waals surface area contributed by atoms with Gasteiger partial charge in [0.25, 0.3) is 0 Å². The molecule has 0 radical (unpaired) electrons. The first-order chi connectivity index (χ1) is 9.27. The highest BCUT2D eigenvalue weighted by Crippen LogP contribution is 2.26. The molecule has 0 rings (SSSR count). The molecule has 0 saturated heterocycles. The summed E-state index contributed by atoms with van der Waals surface area (Å²) in [5.74, 6) is 0. The van der Waals surface area contributed by atoms with Gasteiger partial charge in [-0.2, -0.15) is 0 Å². The van der Waals surface area contributed by atoms with Crippen molar-refractivity contribution in [3.8, 4) is 0 Å². The molecule has 0 saturated carbocycles. The lowest BCUT2D eigenvalue weighted by atomic mass is 9.83. The summed E-state index contributed by atoms with van der Waals surface area (Å²) in [6.45, 7) is 8.90. The SMILES string of the molecule is CCCCCCCCCCCCC(N)(N)CC(C)(C)C. The van der Waals surface area contributed by atoms with E-state index in [1.165, 1.54) is 64.2 Å². The summed E-state index contributed by atoms with van der Waals surface area (Å²) in [6.07, 6.45) is 15.5. The highest BCUT2D eigenvalue weighted by molar-refractivity contribution is 4.82. The summed E-state index contributed by atoms with van der Waals surface area (Å²) in [5, 5.41) is 0. The zero-order valence-corrected chi connectivity index (χ0v) is 14.6. The van der Waals surface area contributed by atoms with Crippen molar-refractivity contribution >= 4 is 0 Å². The Bertz CT molecular complexity index is 216. The molecule has 0 spiro atoms. The molecule has 0 atom stereocenters. The fourth-order valence-corrected chi connectivity index (χ4v) is 3.02. The van der Waals surface area contributed by atoms with E-state index in [1.54, 1.807) is 0 Å². The molecule has 122 valence electrons. The van der Waals surface area contributed by atoms with Crippen molar-refractivity contribution in [3.05, 3.63) is 0 Å². The Labute approximate surface area is 128 Å². The van der Waals surface area contributed by atoms with Gasteiger partial charge in [0.1, 0.15) is 0 Å². The lowest BCUT2D eigenvalue weighted by Crippen LogP contribution is -2.51. The molecule has 0 aromatic carbocycles. The number of hydrogen-bond donors (Lipinski definition) is 2. The van der Waals surface area contributed by atoms with Gasteiger partial charge in [0.15, 0.2) is 0 Å². The normalized spacial score (nSPS) is 12.9. The molecule has 0 fully saturated rings. The van der Waals surface area contributed by atoms with Crippen LogP contribution in [0.2, 0.25) is 0 Å². The van der Waals surface area contributed by atoms with E-state index in [4.69, 9.17) is 11.5 Å². The summed E-state index contributed by atoms with van der Waals surface area (Å²) in [7, 11) is 0. The van der Waals surface area contributed by atoms with Gasteiger partial charge >= 0.3 is 0 Å². The van der Waals surface area contributed by atoms with Gasteiger partial charge in [-0.1, -0.05) is 91.9 Å². The van der Waals surface area contributed by atoms with Crippen molar-refractivity contribution in [3.63, 3.8) is 0 Å². The molecule has 2 heteroatoms. The average Bonchev–Trinajstić information content (AvgIpc) is 2.28. The highest BCUT2D eigenvalue weighted by Gasteiger charge is 2.25. The largest absolute Gasteiger partial charge is 0.313 e. The van der Waals surface area contributed by atoms with E-state index in [1.807, 2.05) is 0 Å². The Hall–Kier alpha value is -0.0800. The van der Waals surface area contributed by atoms with Crippen LogP contribution >= 0.6 is 0 Å². The van der Waals surface area contributed by atoms with Gasteiger partial charge in [0.05, 0.1) is 5.66 Å². The second-order valence-corrected chi connectivity index (χ2v) is 7.90. The number of rotatable bonds is 12. The van der Waals surface area contributed by atoms with Crippen LogP contribution in [0.3, 0.4) is 0 Å². The van der Waals surface area contributed by atoms with Crippen molar-refractivity contribution < 1.29 is 0 Å². The number of hydrogen-bond acceptors (Lipinski definition) is 2. The number of nitrogens with two attached hydrogens (primary N) is 2. The average molecular weight is 285 g/mol. The van der Waals surface area contributed by atoms with E-state index in [0.29, 0.717) is 0 Å². The van der Waals surface area contributed by atoms with E-state index in [0.717, 1.165) is 12.8 Å². The lowest BCUT2D eigenvalue weighted by Gasteiger charge is -2.32. The van der Waals surface area contributed by atoms with Gasteiger partial charge < -0.3 is 11.5 Å².